The Labute approximate surface area is 173 Å². The van der Waals surface area contributed by atoms with Crippen LogP contribution >= 0.6 is 0 Å². The van der Waals surface area contributed by atoms with Gasteiger partial charge in [0.2, 0.25) is 5.91 Å². The molecule has 0 spiro atoms. The van der Waals surface area contributed by atoms with Gasteiger partial charge < -0.3 is 10.1 Å². The maximum atomic E-state index is 12.6. The Morgan fingerprint density at radius 1 is 0.833 bits per heavy atom. The van der Waals surface area contributed by atoms with Crippen LogP contribution in [-0.2, 0) is 4.79 Å². The number of carbonyl (C=O) groups is 2. The molecule has 6 heteroatoms. The smallest absolute Gasteiger partial charge is 0.224 e. The first-order chi connectivity index (χ1) is 14.7. The molecular formula is C24H19N3O3. The number of amides is 1. The normalized spacial score (nSPS) is 10.5. The Morgan fingerprint density at radius 3 is 2.53 bits per heavy atom. The van der Waals surface area contributed by atoms with Crippen LogP contribution in [-0.4, -0.2) is 21.7 Å². The van der Waals surface area contributed by atoms with Gasteiger partial charge in [-0.1, -0.05) is 30.3 Å². The summed E-state index contributed by atoms with van der Waals surface area (Å²) in [6.07, 6.45) is 6.75. The third kappa shape index (κ3) is 4.67. The molecule has 2 aromatic heterocycles. The number of nitrogens with zero attached hydrogens (tertiary/aromatic N) is 2. The second-order valence-corrected chi connectivity index (χ2v) is 6.69. The molecule has 0 aliphatic rings. The summed E-state index contributed by atoms with van der Waals surface area (Å²) >= 11 is 0. The van der Waals surface area contributed by atoms with Crippen LogP contribution in [0.25, 0.3) is 10.8 Å². The average Bonchev–Trinajstić information content (AvgIpc) is 2.78. The van der Waals surface area contributed by atoms with Gasteiger partial charge in [0, 0.05) is 60.3 Å². The van der Waals surface area contributed by atoms with Crippen molar-refractivity contribution in [3.8, 4) is 11.5 Å². The molecule has 0 bridgehead atoms. The van der Waals surface area contributed by atoms with Crippen molar-refractivity contribution in [3.05, 3.63) is 91.0 Å². The maximum Gasteiger partial charge on any atom is 0.224 e. The Bertz CT molecular complexity index is 1190. The Hall–Kier alpha value is -4.06. The van der Waals surface area contributed by atoms with Crippen LogP contribution in [0, 0.1) is 0 Å². The molecule has 4 rings (SSSR count). The van der Waals surface area contributed by atoms with E-state index < -0.39 is 0 Å². The monoisotopic (exact) mass is 397 g/mol. The summed E-state index contributed by atoms with van der Waals surface area (Å²) < 4.78 is 5.75. The number of ether oxygens (including phenoxy) is 1. The molecule has 0 radical (unpaired) electrons. The molecule has 1 amide bonds. The maximum absolute atomic E-state index is 12.6. The highest BCUT2D eigenvalue weighted by Gasteiger charge is 2.13. The molecule has 2 aromatic carbocycles. The van der Waals surface area contributed by atoms with E-state index in [2.05, 4.69) is 15.3 Å². The van der Waals surface area contributed by atoms with Crippen LogP contribution in [0.5, 0.6) is 11.5 Å². The standard InChI is InChI=1S/C24H19N3O3/c28-23(22-16-26-15-17-4-1-2-7-21(17)22)8-9-24(29)27-18-5-3-6-20(14-18)30-19-10-12-25-13-11-19/h1-7,10-16H,8-9H2,(H,27,29). The first kappa shape index (κ1) is 19.3. The van der Waals surface area contributed by atoms with Crippen LogP contribution < -0.4 is 10.1 Å². The lowest BCUT2D eigenvalue weighted by atomic mass is 10.0. The van der Waals surface area contributed by atoms with E-state index in [1.165, 1.54) is 0 Å². The lowest BCUT2D eigenvalue weighted by Crippen LogP contribution is -2.13. The Kier molecular flexibility index (Phi) is 5.75. The Morgan fingerprint density at radius 2 is 1.67 bits per heavy atom. The predicted molar refractivity (Wildman–Crippen MR) is 115 cm³/mol. The molecule has 0 aliphatic carbocycles. The fourth-order valence-electron chi connectivity index (χ4n) is 3.10. The second-order valence-electron chi connectivity index (χ2n) is 6.69. The summed E-state index contributed by atoms with van der Waals surface area (Å²) in [5, 5.41) is 4.56. The minimum absolute atomic E-state index is 0.0808. The van der Waals surface area contributed by atoms with Crippen molar-refractivity contribution in [2.45, 2.75) is 12.8 Å². The highest BCUT2D eigenvalue weighted by molar-refractivity contribution is 6.08. The van der Waals surface area contributed by atoms with Crippen molar-refractivity contribution in [1.29, 1.82) is 0 Å². The lowest BCUT2D eigenvalue weighted by molar-refractivity contribution is -0.116. The van der Waals surface area contributed by atoms with Crippen molar-refractivity contribution in [1.82, 2.24) is 9.97 Å². The molecule has 1 N–H and O–H groups in total. The van der Waals surface area contributed by atoms with Crippen LogP contribution in [0.2, 0.25) is 0 Å². The van der Waals surface area contributed by atoms with Crippen molar-refractivity contribution in [3.63, 3.8) is 0 Å². The fraction of sp³-hybridized carbons (Fsp3) is 0.0833. The van der Waals surface area contributed by atoms with E-state index in [1.807, 2.05) is 24.3 Å². The van der Waals surface area contributed by atoms with Gasteiger partial charge in [-0.15, -0.1) is 0 Å². The van der Waals surface area contributed by atoms with Gasteiger partial charge in [0.15, 0.2) is 5.78 Å². The number of aromatic nitrogens is 2. The van der Waals surface area contributed by atoms with Gasteiger partial charge in [-0.25, -0.2) is 0 Å². The van der Waals surface area contributed by atoms with E-state index in [-0.39, 0.29) is 24.5 Å². The van der Waals surface area contributed by atoms with E-state index in [4.69, 9.17) is 4.74 Å². The number of Topliss-reactive ketones (excluding diaryl/α,β-unsaturated/α-hetero) is 1. The Balaban J connectivity index is 1.37. The molecule has 30 heavy (non-hydrogen) atoms. The van der Waals surface area contributed by atoms with Crippen LogP contribution in [0.4, 0.5) is 5.69 Å². The van der Waals surface area contributed by atoms with E-state index in [1.54, 1.807) is 61.2 Å². The second kappa shape index (κ2) is 8.96. The third-order valence-electron chi connectivity index (χ3n) is 4.55. The molecule has 0 atom stereocenters. The number of rotatable bonds is 7. The van der Waals surface area contributed by atoms with E-state index in [0.29, 0.717) is 22.7 Å². The number of hydrogen-bond donors (Lipinski definition) is 1. The van der Waals surface area contributed by atoms with Gasteiger partial charge >= 0.3 is 0 Å². The average molecular weight is 397 g/mol. The van der Waals surface area contributed by atoms with Gasteiger partial charge in [0.25, 0.3) is 0 Å². The molecule has 0 aliphatic heterocycles. The number of anilines is 1. The predicted octanol–water partition coefficient (Wildman–Crippen LogP) is 5.02. The molecule has 0 unspecified atom stereocenters. The van der Waals surface area contributed by atoms with Gasteiger partial charge in [0.05, 0.1) is 0 Å². The minimum Gasteiger partial charge on any atom is -0.457 e. The molecular weight excluding hydrogens is 378 g/mol. The molecule has 148 valence electrons. The molecule has 0 fully saturated rings. The third-order valence-corrected chi connectivity index (χ3v) is 4.55. The lowest BCUT2D eigenvalue weighted by Gasteiger charge is -2.09. The molecule has 2 heterocycles. The topological polar surface area (TPSA) is 81.2 Å². The van der Waals surface area contributed by atoms with Crippen molar-refractivity contribution in [2.75, 3.05) is 5.32 Å². The van der Waals surface area contributed by atoms with Crippen molar-refractivity contribution < 1.29 is 14.3 Å². The summed E-state index contributed by atoms with van der Waals surface area (Å²) in [6, 6.07) is 18.2. The van der Waals surface area contributed by atoms with Crippen molar-refractivity contribution >= 4 is 28.2 Å². The number of pyridine rings is 2. The van der Waals surface area contributed by atoms with Crippen LogP contribution in [0.15, 0.2) is 85.5 Å². The zero-order valence-electron chi connectivity index (χ0n) is 16.1. The number of nitrogens with one attached hydrogen (secondary N) is 1. The van der Waals surface area contributed by atoms with E-state index in [9.17, 15) is 9.59 Å². The highest BCUT2D eigenvalue weighted by Crippen LogP contribution is 2.24. The number of carbonyl (C=O) groups excluding carboxylic acids is 2. The first-order valence-corrected chi connectivity index (χ1v) is 9.53. The summed E-state index contributed by atoms with van der Waals surface area (Å²) in [4.78, 5) is 33.1. The van der Waals surface area contributed by atoms with Gasteiger partial charge in [-0.05, 0) is 29.7 Å². The minimum atomic E-state index is -0.238. The zero-order chi connectivity index (χ0) is 20.8. The quantitative estimate of drug-likeness (QED) is 0.443. The van der Waals surface area contributed by atoms with Crippen molar-refractivity contribution in [2.24, 2.45) is 0 Å². The zero-order valence-corrected chi connectivity index (χ0v) is 16.1. The highest BCUT2D eigenvalue weighted by atomic mass is 16.5. The number of ketones is 1. The fourth-order valence-corrected chi connectivity index (χ4v) is 3.10. The van der Waals surface area contributed by atoms with Gasteiger partial charge in [0.1, 0.15) is 11.5 Å². The first-order valence-electron chi connectivity index (χ1n) is 9.53. The van der Waals surface area contributed by atoms with Crippen LogP contribution in [0.3, 0.4) is 0 Å². The molecule has 6 nitrogen and oxygen atoms in total. The molecule has 0 saturated carbocycles. The molecule has 0 saturated heterocycles. The summed E-state index contributed by atoms with van der Waals surface area (Å²) in [5.41, 5.74) is 1.14. The van der Waals surface area contributed by atoms with Gasteiger partial charge in [-0.3, -0.25) is 19.6 Å². The largest absolute Gasteiger partial charge is 0.457 e. The molecule has 4 aromatic rings. The number of hydrogen-bond acceptors (Lipinski definition) is 5. The van der Waals surface area contributed by atoms with Gasteiger partial charge in [-0.2, -0.15) is 0 Å². The number of benzene rings is 2. The van der Waals surface area contributed by atoms with E-state index >= 15 is 0 Å². The number of fused-ring (bicyclic) bond motifs is 1. The SMILES string of the molecule is O=C(CCC(=O)c1cncc2ccccc12)Nc1cccc(Oc2ccncc2)c1. The van der Waals surface area contributed by atoms with Crippen LogP contribution in [0.1, 0.15) is 23.2 Å². The summed E-state index contributed by atoms with van der Waals surface area (Å²) in [6.45, 7) is 0. The summed E-state index contributed by atoms with van der Waals surface area (Å²) in [7, 11) is 0. The van der Waals surface area contributed by atoms with E-state index in [0.717, 1.165) is 10.8 Å². The summed E-state index contributed by atoms with van der Waals surface area (Å²) in [5.74, 6) is 0.904.